The van der Waals surface area contributed by atoms with E-state index in [0.29, 0.717) is 6.42 Å². The molecule has 0 saturated heterocycles. The number of fused-ring (bicyclic) bond motifs is 3. The molecule has 0 bridgehead atoms. The third-order valence-electron chi connectivity index (χ3n) is 5.26. The Morgan fingerprint density at radius 2 is 1.69 bits per heavy atom. The molecule has 166 valence electrons. The monoisotopic (exact) mass is 434 g/mol. The first-order chi connectivity index (χ1) is 15.5. The third kappa shape index (κ3) is 5.88. The zero-order chi connectivity index (χ0) is 22.9. The number of carboxylic acid groups (broad SMARTS) is 1. The smallest absolute Gasteiger partial charge is 0.407 e. The lowest BCUT2D eigenvalue weighted by Crippen LogP contribution is -2.35. The Kier molecular flexibility index (Phi) is 7.87. The molecule has 2 amide bonds. The summed E-state index contributed by atoms with van der Waals surface area (Å²) in [7, 11) is 0. The van der Waals surface area contributed by atoms with Gasteiger partial charge in [-0.2, -0.15) is 0 Å². The predicted octanol–water partition coefficient (Wildman–Crippen LogP) is 3.29. The van der Waals surface area contributed by atoms with Crippen molar-refractivity contribution >= 4 is 18.0 Å². The number of aliphatic carboxylic acids is 1. The molecule has 0 radical (unpaired) electrons. The largest absolute Gasteiger partial charge is 0.481 e. The van der Waals surface area contributed by atoms with Gasteiger partial charge in [0.25, 0.3) is 5.91 Å². The average Bonchev–Trinajstić information content (AvgIpc) is 3.09. The van der Waals surface area contributed by atoms with E-state index in [-0.39, 0.29) is 25.5 Å². The van der Waals surface area contributed by atoms with Gasteiger partial charge < -0.3 is 20.5 Å². The van der Waals surface area contributed by atoms with E-state index in [1.54, 1.807) is 0 Å². The van der Waals surface area contributed by atoms with Gasteiger partial charge in [-0.05, 0) is 34.6 Å². The van der Waals surface area contributed by atoms with Crippen LogP contribution >= 0.6 is 0 Å². The minimum Gasteiger partial charge on any atom is -0.481 e. The number of amides is 2. The molecule has 2 aromatic rings. The summed E-state index contributed by atoms with van der Waals surface area (Å²) in [4.78, 5) is 34.8. The molecule has 1 atom stereocenters. The second-order valence-corrected chi connectivity index (χ2v) is 7.54. The highest BCUT2D eigenvalue weighted by Gasteiger charge is 2.28. The lowest BCUT2D eigenvalue weighted by molar-refractivity contribution is -0.137. The summed E-state index contributed by atoms with van der Waals surface area (Å²) in [5.74, 6) is 3.33. The zero-order valence-corrected chi connectivity index (χ0v) is 17.9. The average molecular weight is 434 g/mol. The Balaban J connectivity index is 1.48. The van der Waals surface area contributed by atoms with Gasteiger partial charge in [0.1, 0.15) is 6.61 Å². The van der Waals surface area contributed by atoms with Crippen LogP contribution in [-0.4, -0.2) is 42.3 Å². The predicted molar refractivity (Wildman–Crippen MR) is 120 cm³/mol. The van der Waals surface area contributed by atoms with E-state index in [9.17, 15) is 14.4 Å². The van der Waals surface area contributed by atoms with E-state index in [2.05, 4.69) is 34.6 Å². The number of alkyl carbamates (subject to hydrolysis) is 1. The van der Waals surface area contributed by atoms with Gasteiger partial charge in [0.05, 0.1) is 13.0 Å². The molecule has 1 aliphatic carbocycles. The van der Waals surface area contributed by atoms with Gasteiger partial charge in [0.15, 0.2) is 0 Å². The highest BCUT2D eigenvalue weighted by atomic mass is 16.5. The number of ether oxygens (including phenoxy) is 1. The second kappa shape index (κ2) is 11.0. The SMILES string of the molecule is CCC[C@@H](CC(=O)O)NC(=O)C#CCNC(=O)OCC1c2ccccc2-c2ccccc21. The molecule has 3 rings (SSSR count). The Bertz CT molecular complexity index is 1010. The van der Waals surface area contributed by atoms with Crippen LogP contribution in [0.25, 0.3) is 11.1 Å². The topological polar surface area (TPSA) is 105 Å². The number of nitrogens with one attached hydrogen (secondary N) is 2. The maximum Gasteiger partial charge on any atom is 0.407 e. The molecule has 0 unspecified atom stereocenters. The van der Waals surface area contributed by atoms with Crippen LogP contribution in [0.4, 0.5) is 4.79 Å². The zero-order valence-electron chi connectivity index (χ0n) is 17.9. The van der Waals surface area contributed by atoms with Crippen molar-refractivity contribution in [2.24, 2.45) is 0 Å². The normalized spacial score (nSPS) is 12.5. The van der Waals surface area contributed by atoms with E-state index < -0.39 is 24.0 Å². The number of carbonyl (C=O) groups is 3. The van der Waals surface area contributed by atoms with Crippen LogP contribution in [0.1, 0.15) is 43.2 Å². The first-order valence-corrected chi connectivity index (χ1v) is 10.6. The van der Waals surface area contributed by atoms with E-state index in [1.165, 1.54) is 0 Å². The fourth-order valence-electron chi connectivity index (χ4n) is 3.90. The quantitative estimate of drug-likeness (QED) is 0.553. The fraction of sp³-hybridized carbons (Fsp3) is 0.320. The molecular weight excluding hydrogens is 408 g/mol. The van der Waals surface area contributed by atoms with Gasteiger partial charge in [-0.3, -0.25) is 9.59 Å². The third-order valence-corrected chi connectivity index (χ3v) is 5.26. The van der Waals surface area contributed by atoms with Crippen LogP contribution in [-0.2, 0) is 14.3 Å². The molecule has 0 spiro atoms. The van der Waals surface area contributed by atoms with Crippen LogP contribution < -0.4 is 10.6 Å². The van der Waals surface area contributed by atoms with Crippen molar-refractivity contribution in [1.29, 1.82) is 0 Å². The lowest BCUT2D eigenvalue weighted by Gasteiger charge is -2.14. The number of carboxylic acids is 1. The maximum atomic E-state index is 12.1. The van der Waals surface area contributed by atoms with Gasteiger partial charge in [-0.15, -0.1) is 0 Å². The highest BCUT2D eigenvalue weighted by Crippen LogP contribution is 2.44. The van der Waals surface area contributed by atoms with Crippen molar-refractivity contribution in [3.05, 3.63) is 59.7 Å². The van der Waals surface area contributed by atoms with Gasteiger partial charge >= 0.3 is 12.1 Å². The van der Waals surface area contributed by atoms with Gasteiger partial charge in [0.2, 0.25) is 0 Å². The standard InChI is InChI=1S/C25H26N2O5/c1-2-8-17(15-24(29)30)27-23(28)13-7-14-26-25(31)32-16-22-20-11-5-3-9-18(20)19-10-4-6-12-21(19)22/h3-6,9-12,17,22H,2,8,14-16H2,1H3,(H,26,31)(H,27,28)(H,29,30)/t17-/m0/s1. The fourth-order valence-corrected chi connectivity index (χ4v) is 3.90. The molecule has 0 fully saturated rings. The lowest BCUT2D eigenvalue weighted by atomic mass is 9.98. The summed E-state index contributed by atoms with van der Waals surface area (Å²) >= 11 is 0. The number of hydrogen-bond acceptors (Lipinski definition) is 4. The molecule has 7 heteroatoms. The summed E-state index contributed by atoms with van der Waals surface area (Å²) < 4.78 is 5.40. The highest BCUT2D eigenvalue weighted by molar-refractivity contribution is 5.94. The molecule has 1 aliphatic rings. The van der Waals surface area contributed by atoms with Crippen LogP contribution in [0.5, 0.6) is 0 Å². The molecule has 0 saturated carbocycles. The van der Waals surface area contributed by atoms with E-state index >= 15 is 0 Å². The van der Waals surface area contributed by atoms with E-state index in [0.717, 1.165) is 28.7 Å². The van der Waals surface area contributed by atoms with Crippen LogP contribution in [0.15, 0.2) is 48.5 Å². The maximum absolute atomic E-state index is 12.1. The first-order valence-electron chi connectivity index (χ1n) is 10.6. The van der Waals surface area contributed by atoms with E-state index in [4.69, 9.17) is 9.84 Å². The Morgan fingerprint density at radius 1 is 1.06 bits per heavy atom. The molecule has 0 aromatic heterocycles. The number of rotatable bonds is 8. The first kappa shape index (κ1) is 22.9. The van der Waals surface area contributed by atoms with Crippen molar-refractivity contribution in [2.75, 3.05) is 13.2 Å². The summed E-state index contributed by atoms with van der Waals surface area (Å²) in [5.41, 5.74) is 4.55. The van der Waals surface area contributed by atoms with Crippen molar-refractivity contribution in [1.82, 2.24) is 10.6 Å². The van der Waals surface area contributed by atoms with E-state index in [1.807, 2.05) is 43.3 Å². The van der Waals surface area contributed by atoms with Crippen LogP contribution in [0.3, 0.4) is 0 Å². The number of carbonyl (C=O) groups excluding carboxylic acids is 2. The summed E-state index contributed by atoms with van der Waals surface area (Å²) in [5, 5.41) is 14.0. The molecule has 0 aliphatic heterocycles. The number of benzene rings is 2. The Hall–Kier alpha value is -3.79. The molecular formula is C25H26N2O5. The molecule has 32 heavy (non-hydrogen) atoms. The molecule has 0 heterocycles. The molecule has 3 N–H and O–H groups in total. The second-order valence-electron chi connectivity index (χ2n) is 7.54. The molecule has 2 aromatic carbocycles. The van der Waals surface area contributed by atoms with Crippen molar-refractivity contribution in [3.63, 3.8) is 0 Å². The Morgan fingerprint density at radius 3 is 2.28 bits per heavy atom. The summed E-state index contributed by atoms with van der Waals surface area (Å²) in [6.07, 6.45) is 0.530. The van der Waals surface area contributed by atoms with Crippen molar-refractivity contribution < 1.29 is 24.2 Å². The minimum absolute atomic E-state index is 0.0326. The minimum atomic E-state index is -0.978. The molecule has 7 nitrogen and oxygen atoms in total. The van der Waals surface area contributed by atoms with Gasteiger partial charge in [0, 0.05) is 12.0 Å². The number of hydrogen-bond donors (Lipinski definition) is 3. The van der Waals surface area contributed by atoms with Gasteiger partial charge in [-0.25, -0.2) is 4.79 Å². The summed E-state index contributed by atoms with van der Waals surface area (Å²) in [6, 6.07) is 15.7. The van der Waals surface area contributed by atoms with Crippen LogP contribution in [0.2, 0.25) is 0 Å². The van der Waals surface area contributed by atoms with Gasteiger partial charge in [-0.1, -0.05) is 67.8 Å². The van der Waals surface area contributed by atoms with Crippen molar-refractivity contribution in [2.45, 2.75) is 38.1 Å². The summed E-state index contributed by atoms with van der Waals surface area (Å²) in [6.45, 7) is 2.05. The Labute approximate surface area is 187 Å². The van der Waals surface area contributed by atoms with Crippen molar-refractivity contribution in [3.8, 4) is 23.0 Å². The van der Waals surface area contributed by atoms with Crippen LogP contribution in [0, 0.1) is 11.8 Å².